The standard InChI is InChI=1S/C17H25ClN2O2.C2H6/c18-15-13-14(17(21)5-8-19-6-1-2-7-19)3-4-16(15)20-9-11-22-12-10-20;1-2/h3-4,13,17,21H,1-2,5-12H2;1-2H3. The maximum absolute atomic E-state index is 10.4. The topological polar surface area (TPSA) is 35.9 Å². The lowest BCUT2D eigenvalue weighted by molar-refractivity contribution is 0.122. The monoisotopic (exact) mass is 354 g/mol. The van der Waals surface area contributed by atoms with Crippen LogP contribution in [-0.2, 0) is 4.74 Å². The van der Waals surface area contributed by atoms with Crippen molar-refractivity contribution in [1.82, 2.24) is 4.90 Å². The van der Waals surface area contributed by atoms with E-state index in [0.717, 1.165) is 55.5 Å². The second kappa shape index (κ2) is 10.2. The molecule has 0 aromatic heterocycles. The molecule has 1 atom stereocenters. The molecular weight excluding hydrogens is 324 g/mol. The Balaban J connectivity index is 0.00000100. The minimum absolute atomic E-state index is 0.433. The number of benzene rings is 1. The van der Waals surface area contributed by atoms with Gasteiger partial charge in [-0.1, -0.05) is 31.5 Å². The first kappa shape index (κ1) is 19.5. The van der Waals surface area contributed by atoms with Crippen molar-refractivity contribution >= 4 is 17.3 Å². The molecule has 2 saturated heterocycles. The Morgan fingerprint density at radius 3 is 2.42 bits per heavy atom. The third-order valence-corrected chi connectivity index (χ3v) is 4.93. The minimum atomic E-state index is -0.433. The van der Waals surface area contributed by atoms with Crippen LogP contribution in [0.25, 0.3) is 0 Å². The molecule has 5 heteroatoms. The summed E-state index contributed by atoms with van der Waals surface area (Å²) in [7, 11) is 0. The van der Waals surface area contributed by atoms with E-state index < -0.39 is 6.10 Å². The summed E-state index contributed by atoms with van der Waals surface area (Å²) in [6, 6.07) is 5.95. The van der Waals surface area contributed by atoms with E-state index in [2.05, 4.69) is 9.80 Å². The summed E-state index contributed by atoms with van der Waals surface area (Å²) in [6.07, 6.45) is 2.91. The fraction of sp³-hybridized carbons (Fsp3) is 0.684. The molecule has 1 aromatic carbocycles. The maximum atomic E-state index is 10.4. The highest BCUT2D eigenvalue weighted by molar-refractivity contribution is 6.33. The molecule has 1 N–H and O–H groups in total. The zero-order chi connectivity index (χ0) is 17.4. The molecule has 0 amide bonds. The van der Waals surface area contributed by atoms with Gasteiger partial charge < -0.3 is 19.6 Å². The Bertz CT molecular complexity index is 486. The van der Waals surface area contributed by atoms with E-state index in [0.29, 0.717) is 0 Å². The van der Waals surface area contributed by atoms with Crippen LogP contribution in [0.3, 0.4) is 0 Å². The van der Waals surface area contributed by atoms with Gasteiger partial charge in [0, 0.05) is 19.6 Å². The molecule has 1 unspecified atom stereocenters. The van der Waals surface area contributed by atoms with Gasteiger partial charge in [-0.15, -0.1) is 0 Å². The Kier molecular flexibility index (Phi) is 8.33. The number of nitrogens with zero attached hydrogens (tertiary/aromatic N) is 2. The van der Waals surface area contributed by atoms with Crippen molar-refractivity contribution in [2.75, 3.05) is 50.8 Å². The SMILES string of the molecule is CC.OC(CCN1CCCC1)c1ccc(N2CCOCC2)c(Cl)c1. The molecule has 3 rings (SSSR count). The number of halogens is 1. The van der Waals surface area contributed by atoms with Crippen LogP contribution in [-0.4, -0.2) is 55.9 Å². The van der Waals surface area contributed by atoms with E-state index in [1.807, 2.05) is 32.0 Å². The van der Waals surface area contributed by atoms with Gasteiger partial charge in [0.1, 0.15) is 0 Å². The van der Waals surface area contributed by atoms with Crippen LogP contribution in [0.15, 0.2) is 18.2 Å². The van der Waals surface area contributed by atoms with Crippen LogP contribution in [0.4, 0.5) is 5.69 Å². The molecule has 0 radical (unpaired) electrons. The van der Waals surface area contributed by atoms with E-state index in [9.17, 15) is 5.11 Å². The summed E-state index contributed by atoms with van der Waals surface area (Å²) in [5.41, 5.74) is 1.96. The highest BCUT2D eigenvalue weighted by Gasteiger charge is 2.18. The van der Waals surface area contributed by atoms with E-state index in [1.165, 1.54) is 25.9 Å². The normalized spacial score (nSPS) is 19.8. The van der Waals surface area contributed by atoms with Gasteiger partial charge in [-0.05, 0) is 50.0 Å². The van der Waals surface area contributed by atoms with Gasteiger partial charge in [-0.3, -0.25) is 0 Å². The van der Waals surface area contributed by atoms with E-state index in [1.54, 1.807) is 0 Å². The van der Waals surface area contributed by atoms with Crippen molar-refractivity contribution in [3.8, 4) is 0 Å². The summed E-state index contributed by atoms with van der Waals surface area (Å²) in [6.45, 7) is 10.5. The third-order valence-electron chi connectivity index (χ3n) is 4.63. The molecule has 136 valence electrons. The highest BCUT2D eigenvalue weighted by Crippen LogP contribution is 2.30. The second-order valence-electron chi connectivity index (χ2n) is 6.16. The van der Waals surface area contributed by atoms with Gasteiger partial charge in [-0.25, -0.2) is 0 Å². The van der Waals surface area contributed by atoms with Gasteiger partial charge in [0.15, 0.2) is 0 Å². The minimum Gasteiger partial charge on any atom is -0.388 e. The Labute approximate surface area is 151 Å². The molecule has 2 aliphatic heterocycles. The molecule has 2 aliphatic rings. The molecule has 0 bridgehead atoms. The number of aliphatic hydroxyl groups is 1. The highest BCUT2D eigenvalue weighted by atomic mass is 35.5. The Morgan fingerprint density at radius 1 is 1.12 bits per heavy atom. The summed E-state index contributed by atoms with van der Waals surface area (Å²) in [4.78, 5) is 4.67. The van der Waals surface area contributed by atoms with Crippen LogP contribution < -0.4 is 4.90 Å². The fourth-order valence-corrected chi connectivity index (χ4v) is 3.58. The van der Waals surface area contributed by atoms with Crippen molar-refractivity contribution < 1.29 is 9.84 Å². The van der Waals surface area contributed by atoms with E-state index in [4.69, 9.17) is 16.3 Å². The van der Waals surface area contributed by atoms with Crippen LogP contribution in [0.5, 0.6) is 0 Å². The number of hydrogen-bond acceptors (Lipinski definition) is 4. The predicted octanol–water partition coefficient (Wildman–Crippen LogP) is 3.72. The molecule has 2 fully saturated rings. The largest absolute Gasteiger partial charge is 0.388 e. The molecule has 2 heterocycles. The molecule has 0 saturated carbocycles. The zero-order valence-corrected chi connectivity index (χ0v) is 15.8. The van der Waals surface area contributed by atoms with Crippen LogP contribution >= 0.6 is 11.6 Å². The smallest absolute Gasteiger partial charge is 0.0802 e. The van der Waals surface area contributed by atoms with Gasteiger partial charge in [0.25, 0.3) is 0 Å². The van der Waals surface area contributed by atoms with Crippen LogP contribution in [0.2, 0.25) is 5.02 Å². The molecule has 1 aromatic rings. The average molecular weight is 355 g/mol. The van der Waals surface area contributed by atoms with E-state index in [-0.39, 0.29) is 0 Å². The average Bonchev–Trinajstić information content (AvgIpc) is 3.15. The number of likely N-dealkylation sites (tertiary alicyclic amines) is 1. The Morgan fingerprint density at radius 2 is 1.79 bits per heavy atom. The lowest BCUT2D eigenvalue weighted by Crippen LogP contribution is -2.36. The van der Waals surface area contributed by atoms with Gasteiger partial charge in [-0.2, -0.15) is 0 Å². The summed E-state index contributed by atoms with van der Waals surface area (Å²) < 4.78 is 5.37. The van der Waals surface area contributed by atoms with Gasteiger partial charge in [0.05, 0.1) is 30.0 Å². The first-order valence-electron chi connectivity index (χ1n) is 9.26. The van der Waals surface area contributed by atoms with Crippen molar-refractivity contribution in [1.29, 1.82) is 0 Å². The van der Waals surface area contributed by atoms with Crippen molar-refractivity contribution in [3.05, 3.63) is 28.8 Å². The third kappa shape index (κ3) is 5.35. The molecule has 4 nitrogen and oxygen atoms in total. The molecule has 0 aliphatic carbocycles. The number of rotatable bonds is 5. The van der Waals surface area contributed by atoms with Gasteiger partial charge >= 0.3 is 0 Å². The lowest BCUT2D eigenvalue weighted by atomic mass is 10.1. The molecule has 0 spiro atoms. The first-order valence-corrected chi connectivity index (χ1v) is 9.64. The first-order chi connectivity index (χ1) is 11.7. The fourth-order valence-electron chi connectivity index (χ4n) is 3.27. The van der Waals surface area contributed by atoms with Crippen LogP contribution in [0, 0.1) is 0 Å². The molecular formula is C19H31ClN2O2. The van der Waals surface area contributed by atoms with E-state index >= 15 is 0 Å². The quantitative estimate of drug-likeness (QED) is 0.874. The van der Waals surface area contributed by atoms with Crippen molar-refractivity contribution in [3.63, 3.8) is 0 Å². The Hall–Kier alpha value is -0.810. The predicted molar refractivity (Wildman–Crippen MR) is 101 cm³/mol. The van der Waals surface area contributed by atoms with Crippen molar-refractivity contribution in [2.45, 2.75) is 39.2 Å². The number of ether oxygens (including phenoxy) is 1. The van der Waals surface area contributed by atoms with Crippen molar-refractivity contribution in [2.24, 2.45) is 0 Å². The number of morpholine rings is 1. The summed E-state index contributed by atoms with van der Waals surface area (Å²) in [5.74, 6) is 0. The number of anilines is 1. The maximum Gasteiger partial charge on any atom is 0.0802 e. The summed E-state index contributed by atoms with van der Waals surface area (Å²) in [5, 5.41) is 11.1. The van der Waals surface area contributed by atoms with Gasteiger partial charge in [0.2, 0.25) is 0 Å². The second-order valence-corrected chi connectivity index (χ2v) is 6.57. The summed E-state index contributed by atoms with van der Waals surface area (Å²) >= 11 is 6.43. The number of aliphatic hydroxyl groups excluding tert-OH is 1. The number of hydrogen-bond donors (Lipinski definition) is 1. The zero-order valence-electron chi connectivity index (χ0n) is 15.0. The lowest BCUT2D eigenvalue weighted by Gasteiger charge is -2.30. The van der Waals surface area contributed by atoms with Crippen LogP contribution in [0.1, 0.15) is 44.8 Å². The molecule has 24 heavy (non-hydrogen) atoms.